The molecule has 0 amide bonds. The smallest absolute Gasteiger partial charge is 0.462 e. The third-order valence-corrected chi connectivity index (χ3v) is 21.4. The van der Waals surface area contributed by atoms with Gasteiger partial charge in [-0.05, 0) is 69.1 Å². The number of carbonyl (C=O) groups excluding carboxylic acids is 4. The third kappa shape index (κ3) is 73.1. The minimum absolute atomic E-state index is 0.0849. The topological polar surface area (TPSA) is 237 Å². The number of esters is 4. The number of rotatable bonds is 79. The number of aliphatic hydroxyl groups is 1. The molecule has 3 N–H and O–H groups in total. The van der Waals surface area contributed by atoms with Crippen LogP contribution in [0.2, 0.25) is 0 Å². The molecule has 0 rings (SSSR count). The Kier molecular flexibility index (Phi) is 71.0. The first-order valence-corrected chi connectivity index (χ1v) is 45.2. The van der Waals surface area contributed by atoms with E-state index in [1.54, 1.807) is 0 Å². The van der Waals surface area contributed by atoms with E-state index < -0.39 is 97.5 Å². The van der Waals surface area contributed by atoms with Crippen molar-refractivity contribution in [2.45, 2.75) is 426 Å². The van der Waals surface area contributed by atoms with E-state index >= 15 is 0 Å². The third-order valence-electron chi connectivity index (χ3n) is 19.5. The predicted molar refractivity (Wildman–Crippen MR) is 418 cm³/mol. The van der Waals surface area contributed by atoms with Gasteiger partial charge in [0, 0.05) is 25.7 Å². The van der Waals surface area contributed by atoms with E-state index in [2.05, 4.69) is 72.8 Å². The number of hydrogen-bond acceptors (Lipinski definition) is 15. The van der Waals surface area contributed by atoms with Gasteiger partial charge in [-0.15, -0.1) is 0 Å². The monoisotopic (exact) mass is 1490 g/mol. The van der Waals surface area contributed by atoms with Gasteiger partial charge in [0.2, 0.25) is 0 Å². The number of phosphoric ester groups is 2. The Balaban J connectivity index is 5.23. The fourth-order valence-electron chi connectivity index (χ4n) is 12.2. The molecule has 0 aromatic rings. The highest BCUT2D eigenvalue weighted by Crippen LogP contribution is 2.45. The minimum atomic E-state index is -4.97. The Morgan fingerprint density at radius 2 is 0.578 bits per heavy atom. The van der Waals surface area contributed by atoms with E-state index in [0.717, 1.165) is 127 Å². The second kappa shape index (κ2) is 72.7. The number of phosphoric acid groups is 2. The summed E-state index contributed by atoms with van der Waals surface area (Å²) in [5.41, 5.74) is 0. The minimum Gasteiger partial charge on any atom is -0.462 e. The van der Waals surface area contributed by atoms with Gasteiger partial charge in [-0.2, -0.15) is 0 Å². The number of hydrogen-bond donors (Lipinski definition) is 3. The van der Waals surface area contributed by atoms with Crippen molar-refractivity contribution in [2.75, 3.05) is 39.6 Å². The Morgan fingerprint density at radius 1 is 0.324 bits per heavy atom. The predicted octanol–water partition coefficient (Wildman–Crippen LogP) is 24.5. The first kappa shape index (κ1) is 99.5. The molecular formula is C83H158O17P2. The molecule has 0 aliphatic heterocycles. The van der Waals surface area contributed by atoms with Crippen LogP contribution >= 0.6 is 15.6 Å². The number of unbranched alkanes of at least 4 members (excludes halogenated alkanes) is 42. The Labute approximate surface area is 624 Å². The van der Waals surface area contributed by atoms with E-state index in [1.807, 2.05) is 0 Å². The second-order valence-electron chi connectivity index (χ2n) is 30.1. The van der Waals surface area contributed by atoms with Crippen molar-refractivity contribution in [2.24, 2.45) is 17.8 Å². The maximum atomic E-state index is 13.1. The van der Waals surface area contributed by atoms with Gasteiger partial charge in [-0.1, -0.05) is 355 Å². The summed E-state index contributed by atoms with van der Waals surface area (Å²) in [5, 5.41) is 10.6. The molecule has 0 bridgehead atoms. The summed E-state index contributed by atoms with van der Waals surface area (Å²) in [6.07, 6.45) is 64.7. The van der Waals surface area contributed by atoms with Gasteiger partial charge in [0.1, 0.15) is 19.3 Å². The largest absolute Gasteiger partial charge is 0.472 e. The summed E-state index contributed by atoms with van der Waals surface area (Å²) >= 11 is 0. The van der Waals surface area contributed by atoms with E-state index in [4.69, 9.17) is 37.0 Å². The molecule has 0 fully saturated rings. The molecule has 0 aromatic heterocycles. The average molecular weight is 1490 g/mol. The first-order valence-electron chi connectivity index (χ1n) is 42.2. The lowest BCUT2D eigenvalue weighted by Crippen LogP contribution is -2.30. The van der Waals surface area contributed by atoms with E-state index in [1.165, 1.54) is 199 Å². The Hall–Kier alpha value is -2.46. The normalized spacial score (nSPS) is 14.6. The van der Waals surface area contributed by atoms with Crippen molar-refractivity contribution in [3.8, 4) is 0 Å². The highest BCUT2D eigenvalue weighted by molar-refractivity contribution is 7.47. The summed E-state index contributed by atoms with van der Waals surface area (Å²) in [5.74, 6) is 0.237. The van der Waals surface area contributed by atoms with Crippen LogP contribution < -0.4 is 0 Å². The molecule has 0 heterocycles. The summed E-state index contributed by atoms with van der Waals surface area (Å²) in [6.45, 7) is 11.9. The van der Waals surface area contributed by atoms with E-state index in [9.17, 15) is 43.2 Å². The molecule has 0 spiro atoms. The second-order valence-corrected chi connectivity index (χ2v) is 33.0. The molecule has 0 saturated carbocycles. The fourth-order valence-corrected chi connectivity index (χ4v) is 13.8. The zero-order valence-corrected chi connectivity index (χ0v) is 68.4. The van der Waals surface area contributed by atoms with Crippen LogP contribution in [0.5, 0.6) is 0 Å². The first-order chi connectivity index (χ1) is 49.3. The molecule has 17 nitrogen and oxygen atoms in total. The Bertz CT molecular complexity index is 2070. The fraction of sp³-hybridized carbons (Fsp3) is 0.904. The van der Waals surface area contributed by atoms with Crippen LogP contribution in [-0.4, -0.2) is 96.7 Å². The summed E-state index contributed by atoms with van der Waals surface area (Å²) in [4.78, 5) is 73.0. The van der Waals surface area contributed by atoms with Crippen LogP contribution in [0.4, 0.5) is 0 Å². The highest BCUT2D eigenvalue weighted by Gasteiger charge is 2.30. The van der Waals surface area contributed by atoms with Gasteiger partial charge < -0.3 is 33.8 Å². The molecule has 7 atom stereocenters. The number of ether oxygens (including phenoxy) is 4. The van der Waals surface area contributed by atoms with Gasteiger partial charge in [0.05, 0.1) is 26.4 Å². The van der Waals surface area contributed by atoms with Gasteiger partial charge >= 0.3 is 39.5 Å². The molecule has 602 valence electrons. The molecule has 4 unspecified atom stereocenters. The maximum Gasteiger partial charge on any atom is 0.472 e. The van der Waals surface area contributed by atoms with Gasteiger partial charge in [0.25, 0.3) is 0 Å². The molecule has 0 aliphatic rings. The zero-order valence-electron chi connectivity index (χ0n) is 66.6. The molecule has 0 saturated heterocycles. The molecule has 19 heteroatoms. The summed E-state index contributed by atoms with van der Waals surface area (Å²) < 4.78 is 68.7. The number of allylic oxidation sites excluding steroid dienone is 4. The van der Waals surface area contributed by atoms with Crippen LogP contribution in [0.3, 0.4) is 0 Å². The van der Waals surface area contributed by atoms with Crippen molar-refractivity contribution in [1.29, 1.82) is 0 Å². The molecular weight excluding hydrogens is 1330 g/mol. The van der Waals surface area contributed by atoms with Crippen LogP contribution in [0.25, 0.3) is 0 Å². The lowest BCUT2D eigenvalue weighted by atomic mass is 9.99. The number of aliphatic hydroxyl groups excluding tert-OH is 1. The van der Waals surface area contributed by atoms with Crippen molar-refractivity contribution >= 4 is 39.5 Å². The standard InChI is InChI=1S/C83H158O17P2/c1-8-11-12-13-14-15-16-17-22-26-33-38-43-52-59-66-82(87)99-78(70-93-80(85)64-57-50-42-37-32-29-28-30-35-40-47-54-61-74(4)5)72-97-101(89,90)95-68-77(84)69-96-102(91,92)98-73-79(71-94-81(86)65-58-51-46-45-49-56-63-76(7)10-3)100-83(88)67-60-53-44-39-34-27-24-21-19-18-20-23-25-31-36-41-48-55-62-75(6)9-2/h15-17,22,74-79,84H,8-14,18-21,23-73H2,1-7H3,(H,89,90)(H,91,92)/b16-15-,22-17-/t75?,76?,77-,78-,79-/m1/s1. The molecule has 0 radical (unpaired) electrons. The van der Waals surface area contributed by atoms with Gasteiger partial charge in [-0.3, -0.25) is 37.3 Å². The van der Waals surface area contributed by atoms with E-state index in [-0.39, 0.29) is 25.7 Å². The molecule has 0 aromatic carbocycles. The van der Waals surface area contributed by atoms with Crippen LogP contribution in [-0.2, 0) is 65.4 Å². The van der Waals surface area contributed by atoms with Crippen LogP contribution in [0, 0.1) is 17.8 Å². The SMILES string of the molecule is CCCCCC/C=C\C=C/CCCCCCCC(=O)O[C@H](COC(=O)CCCCCCCCCCCCCCC(C)C)COP(=O)(O)OC[C@@H](O)COP(=O)(O)OC[C@@H](COC(=O)CCCCCCCCC(C)CC)OC(=O)CCCCCCCCCCCCCCCCCCCCC(C)CC. The summed E-state index contributed by atoms with van der Waals surface area (Å²) in [6, 6.07) is 0. The Morgan fingerprint density at radius 3 is 0.873 bits per heavy atom. The lowest BCUT2D eigenvalue weighted by molar-refractivity contribution is -0.161. The van der Waals surface area contributed by atoms with Crippen molar-refractivity contribution in [3.63, 3.8) is 0 Å². The van der Waals surface area contributed by atoms with Crippen LogP contribution in [0.1, 0.15) is 408 Å². The zero-order chi connectivity index (χ0) is 75.1. The van der Waals surface area contributed by atoms with Gasteiger partial charge in [0.15, 0.2) is 12.2 Å². The quantitative estimate of drug-likeness (QED) is 0.0169. The van der Waals surface area contributed by atoms with Crippen LogP contribution in [0.15, 0.2) is 24.3 Å². The lowest BCUT2D eigenvalue weighted by Gasteiger charge is -2.21. The van der Waals surface area contributed by atoms with Crippen molar-refractivity contribution in [1.82, 2.24) is 0 Å². The molecule has 0 aliphatic carbocycles. The number of carbonyl (C=O) groups is 4. The highest BCUT2D eigenvalue weighted by atomic mass is 31.2. The van der Waals surface area contributed by atoms with Crippen molar-refractivity contribution < 1.29 is 80.2 Å². The summed E-state index contributed by atoms with van der Waals surface area (Å²) in [7, 11) is -9.94. The average Bonchev–Trinajstić information content (AvgIpc) is 1.16. The van der Waals surface area contributed by atoms with Gasteiger partial charge in [-0.25, -0.2) is 9.13 Å². The van der Waals surface area contributed by atoms with Crippen molar-refractivity contribution in [3.05, 3.63) is 24.3 Å². The van der Waals surface area contributed by atoms with E-state index in [0.29, 0.717) is 25.7 Å². The maximum absolute atomic E-state index is 13.1. The molecule has 102 heavy (non-hydrogen) atoms.